The molecule has 1 aliphatic heterocycles. The molecule has 3 unspecified atom stereocenters. The Morgan fingerprint density at radius 2 is 2.29 bits per heavy atom. The average molecular weight is 212 g/mol. The second-order valence-corrected chi connectivity index (χ2v) is 5.82. The first kappa shape index (κ1) is 11.9. The summed E-state index contributed by atoms with van der Waals surface area (Å²) in [5.74, 6) is 1.39. The molecule has 1 fully saturated rings. The fraction of sp³-hybridized carbons (Fsp3) is 0.909. The molecule has 1 heterocycles. The van der Waals surface area contributed by atoms with Crippen molar-refractivity contribution < 1.29 is 0 Å². The molecule has 0 spiro atoms. The van der Waals surface area contributed by atoms with E-state index in [9.17, 15) is 0 Å². The zero-order valence-corrected chi connectivity index (χ0v) is 10.2. The monoisotopic (exact) mass is 212 g/mol. The number of hydrogen-bond acceptors (Lipinski definition) is 3. The lowest BCUT2D eigenvalue weighted by molar-refractivity contribution is 0.227. The third kappa shape index (κ3) is 3.51. The van der Waals surface area contributed by atoms with E-state index in [1.165, 1.54) is 18.6 Å². The molecule has 0 saturated carbocycles. The van der Waals surface area contributed by atoms with Crippen LogP contribution < -0.4 is 0 Å². The molecule has 1 saturated heterocycles. The number of nitriles is 1. The molecule has 0 aromatic carbocycles. The summed E-state index contributed by atoms with van der Waals surface area (Å²) in [6.45, 7) is 5.21. The van der Waals surface area contributed by atoms with Crippen molar-refractivity contribution in [1.29, 1.82) is 5.26 Å². The van der Waals surface area contributed by atoms with Gasteiger partial charge in [0.25, 0.3) is 0 Å². The Hall–Kier alpha value is -0.200. The molecule has 0 aliphatic carbocycles. The van der Waals surface area contributed by atoms with Gasteiger partial charge in [0.05, 0.1) is 12.0 Å². The Bertz CT molecular complexity index is 204. The van der Waals surface area contributed by atoms with Gasteiger partial charge < -0.3 is 4.90 Å². The summed E-state index contributed by atoms with van der Waals surface area (Å²) in [4.78, 5) is 2.35. The standard InChI is InChI=1S/C11H20N2S/c1-9(6-12)7-13(3)11-5-4-10(2)14-8-11/h9-11H,4-5,7-8H2,1-3H3. The second kappa shape index (κ2) is 5.63. The number of nitrogens with zero attached hydrogens (tertiary/aromatic N) is 2. The van der Waals surface area contributed by atoms with Crippen LogP contribution in [-0.4, -0.2) is 35.5 Å². The van der Waals surface area contributed by atoms with E-state index in [0.29, 0.717) is 6.04 Å². The highest BCUT2D eigenvalue weighted by atomic mass is 32.2. The van der Waals surface area contributed by atoms with Gasteiger partial charge in [0.1, 0.15) is 0 Å². The summed E-state index contributed by atoms with van der Waals surface area (Å²) in [7, 11) is 2.15. The normalized spacial score (nSPS) is 29.9. The number of rotatable bonds is 3. The molecule has 0 amide bonds. The van der Waals surface area contributed by atoms with E-state index < -0.39 is 0 Å². The van der Waals surface area contributed by atoms with Gasteiger partial charge in [0.15, 0.2) is 0 Å². The minimum Gasteiger partial charge on any atom is -0.301 e. The van der Waals surface area contributed by atoms with Gasteiger partial charge in [0, 0.05) is 23.6 Å². The van der Waals surface area contributed by atoms with Crippen molar-refractivity contribution in [2.24, 2.45) is 5.92 Å². The van der Waals surface area contributed by atoms with Crippen LogP contribution in [0.5, 0.6) is 0 Å². The maximum atomic E-state index is 8.74. The van der Waals surface area contributed by atoms with Crippen LogP contribution in [0.2, 0.25) is 0 Å². The van der Waals surface area contributed by atoms with Crippen LogP contribution in [-0.2, 0) is 0 Å². The van der Waals surface area contributed by atoms with Gasteiger partial charge in [0.2, 0.25) is 0 Å². The van der Waals surface area contributed by atoms with Gasteiger partial charge in [-0.1, -0.05) is 6.92 Å². The Balaban J connectivity index is 2.31. The van der Waals surface area contributed by atoms with E-state index in [-0.39, 0.29) is 5.92 Å². The van der Waals surface area contributed by atoms with Crippen LogP contribution in [0.3, 0.4) is 0 Å². The van der Waals surface area contributed by atoms with Crippen LogP contribution in [0.4, 0.5) is 0 Å². The SMILES string of the molecule is CC(C#N)CN(C)C1CCC(C)SC1. The topological polar surface area (TPSA) is 27.0 Å². The second-order valence-electron chi connectivity index (χ2n) is 4.34. The van der Waals surface area contributed by atoms with Gasteiger partial charge >= 0.3 is 0 Å². The fourth-order valence-corrected chi connectivity index (χ4v) is 3.11. The Labute approximate surface area is 91.7 Å². The lowest BCUT2D eigenvalue weighted by Crippen LogP contribution is -2.39. The number of hydrogen-bond donors (Lipinski definition) is 0. The molecule has 2 nitrogen and oxygen atoms in total. The molecular formula is C11H20N2S. The summed E-state index contributed by atoms with van der Waals surface area (Å²) in [5.41, 5.74) is 0. The smallest absolute Gasteiger partial charge is 0.0666 e. The van der Waals surface area contributed by atoms with E-state index >= 15 is 0 Å². The zero-order chi connectivity index (χ0) is 10.6. The minimum atomic E-state index is 0.157. The van der Waals surface area contributed by atoms with E-state index in [2.05, 4.69) is 36.7 Å². The molecule has 0 aromatic rings. The molecule has 0 N–H and O–H groups in total. The highest BCUT2D eigenvalue weighted by Crippen LogP contribution is 2.27. The van der Waals surface area contributed by atoms with Crippen molar-refractivity contribution >= 4 is 11.8 Å². The summed E-state index contributed by atoms with van der Waals surface area (Å²) in [6, 6.07) is 2.98. The van der Waals surface area contributed by atoms with E-state index in [4.69, 9.17) is 5.26 Å². The predicted octanol–water partition coefficient (Wildman–Crippen LogP) is 2.36. The van der Waals surface area contributed by atoms with E-state index in [1.54, 1.807) is 0 Å². The highest BCUT2D eigenvalue weighted by molar-refractivity contribution is 7.99. The fourth-order valence-electron chi connectivity index (χ4n) is 1.84. The van der Waals surface area contributed by atoms with Gasteiger partial charge in [-0.05, 0) is 26.8 Å². The summed E-state index contributed by atoms with van der Waals surface area (Å²) < 4.78 is 0. The molecule has 3 heteroatoms. The zero-order valence-electron chi connectivity index (χ0n) is 9.36. The lowest BCUT2D eigenvalue weighted by atomic mass is 10.1. The van der Waals surface area contributed by atoms with E-state index in [1.807, 2.05) is 6.92 Å². The van der Waals surface area contributed by atoms with Gasteiger partial charge in [-0.3, -0.25) is 0 Å². The Morgan fingerprint density at radius 3 is 2.79 bits per heavy atom. The largest absolute Gasteiger partial charge is 0.301 e. The van der Waals surface area contributed by atoms with Crippen molar-refractivity contribution in [3.63, 3.8) is 0 Å². The highest BCUT2D eigenvalue weighted by Gasteiger charge is 2.22. The van der Waals surface area contributed by atoms with E-state index in [0.717, 1.165) is 11.8 Å². The predicted molar refractivity (Wildman–Crippen MR) is 62.3 cm³/mol. The minimum absolute atomic E-state index is 0.157. The van der Waals surface area contributed by atoms with Crippen molar-refractivity contribution in [2.75, 3.05) is 19.3 Å². The summed E-state index contributed by atoms with van der Waals surface area (Å²) in [5, 5.41) is 9.57. The Kier molecular flexibility index (Phi) is 4.77. The van der Waals surface area contributed by atoms with Gasteiger partial charge in [-0.15, -0.1) is 0 Å². The lowest BCUT2D eigenvalue weighted by Gasteiger charge is -2.33. The summed E-state index contributed by atoms with van der Waals surface area (Å²) >= 11 is 2.06. The third-order valence-electron chi connectivity index (χ3n) is 2.89. The average Bonchev–Trinajstić information content (AvgIpc) is 2.18. The molecule has 1 aliphatic rings. The molecule has 0 bridgehead atoms. The third-order valence-corrected chi connectivity index (χ3v) is 4.27. The van der Waals surface area contributed by atoms with Crippen molar-refractivity contribution in [3.05, 3.63) is 0 Å². The Morgan fingerprint density at radius 1 is 1.57 bits per heavy atom. The molecule has 14 heavy (non-hydrogen) atoms. The van der Waals surface area contributed by atoms with Crippen LogP contribution in [0.15, 0.2) is 0 Å². The molecule has 1 rings (SSSR count). The van der Waals surface area contributed by atoms with Crippen LogP contribution in [0.1, 0.15) is 26.7 Å². The summed E-state index contributed by atoms with van der Waals surface area (Å²) in [6.07, 6.45) is 2.61. The first-order valence-electron chi connectivity index (χ1n) is 5.35. The first-order chi connectivity index (χ1) is 6.63. The molecule has 0 radical (unpaired) electrons. The van der Waals surface area contributed by atoms with Gasteiger partial charge in [-0.25, -0.2) is 0 Å². The van der Waals surface area contributed by atoms with Crippen molar-refractivity contribution in [3.8, 4) is 6.07 Å². The van der Waals surface area contributed by atoms with Crippen molar-refractivity contribution in [1.82, 2.24) is 4.90 Å². The molecule has 0 aromatic heterocycles. The maximum absolute atomic E-state index is 8.74. The quantitative estimate of drug-likeness (QED) is 0.718. The van der Waals surface area contributed by atoms with Crippen LogP contribution >= 0.6 is 11.8 Å². The van der Waals surface area contributed by atoms with Crippen LogP contribution in [0.25, 0.3) is 0 Å². The van der Waals surface area contributed by atoms with Gasteiger partial charge in [-0.2, -0.15) is 17.0 Å². The maximum Gasteiger partial charge on any atom is 0.0666 e. The molecular weight excluding hydrogens is 192 g/mol. The first-order valence-corrected chi connectivity index (χ1v) is 6.39. The van der Waals surface area contributed by atoms with Crippen LogP contribution in [0, 0.1) is 17.2 Å². The molecule has 80 valence electrons. The van der Waals surface area contributed by atoms with Crippen molar-refractivity contribution in [2.45, 2.75) is 38.0 Å². The number of thioether (sulfide) groups is 1. The molecule has 3 atom stereocenters.